The first-order chi connectivity index (χ1) is 12.1. The Labute approximate surface area is 149 Å². The van der Waals surface area contributed by atoms with E-state index >= 15 is 0 Å². The molecule has 0 radical (unpaired) electrons. The van der Waals surface area contributed by atoms with Gasteiger partial charge < -0.3 is 19.5 Å². The van der Waals surface area contributed by atoms with Crippen molar-refractivity contribution in [2.75, 3.05) is 13.4 Å². The molecule has 128 valence electrons. The van der Waals surface area contributed by atoms with E-state index in [4.69, 9.17) is 31.1 Å². The van der Waals surface area contributed by atoms with E-state index in [0.29, 0.717) is 22.8 Å². The Morgan fingerprint density at radius 1 is 1.32 bits per heavy atom. The molecule has 0 unspecified atom stereocenters. The lowest BCUT2D eigenvalue weighted by Gasteiger charge is -2.15. The van der Waals surface area contributed by atoms with Crippen molar-refractivity contribution in [2.45, 2.75) is 13.0 Å². The van der Waals surface area contributed by atoms with Crippen molar-refractivity contribution in [3.8, 4) is 23.3 Å². The minimum Gasteiger partial charge on any atom is -0.482 e. The van der Waals surface area contributed by atoms with E-state index in [0.717, 1.165) is 5.56 Å². The summed E-state index contributed by atoms with van der Waals surface area (Å²) >= 11 is 6.01. The number of nitrogens with zero attached hydrogens (tertiary/aromatic N) is 1. The van der Waals surface area contributed by atoms with Gasteiger partial charge in [-0.1, -0.05) is 17.7 Å². The van der Waals surface area contributed by atoms with Gasteiger partial charge in [0.25, 0.3) is 5.91 Å². The van der Waals surface area contributed by atoms with Crippen molar-refractivity contribution < 1.29 is 19.0 Å². The normalized spacial score (nSPS) is 13.0. The second-order valence-corrected chi connectivity index (χ2v) is 5.85. The van der Waals surface area contributed by atoms with E-state index in [1.807, 2.05) is 31.2 Å². The molecular formula is C18H15ClN2O4. The molecule has 1 aliphatic heterocycles. The Bertz CT molecular complexity index is 847. The number of rotatable bonds is 5. The first-order valence-electron chi connectivity index (χ1n) is 7.58. The van der Waals surface area contributed by atoms with Gasteiger partial charge in [0.2, 0.25) is 6.79 Å². The zero-order valence-electron chi connectivity index (χ0n) is 13.4. The van der Waals surface area contributed by atoms with Crippen LogP contribution in [0.2, 0.25) is 5.02 Å². The smallest absolute Gasteiger partial charge is 0.258 e. The molecule has 1 aliphatic rings. The summed E-state index contributed by atoms with van der Waals surface area (Å²) in [5, 5.41) is 11.9. The predicted molar refractivity (Wildman–Crippen MR) is 90.8 cm³/mol. The summed E-state index contributed by atoms with van der Waals surface area (Å²) in [4.78, 5) is 12.1. The number of carbonyl (C=O) groups is 1. The number of fused-ring (bicyclic) bond motifs is 1. The fraction of sp³-hybridized carbons (Fsp3) is 0.222. The molecule has 0 saturated carbocycles. The summed E-state index contributed by atoms with van der Waals surface area (Å²) in [7, 11) is 0. The summed E-state index contributed by atoms with van der Waals surface area (Å²) < 4.78 is 16.0. The van der Waals surface area contributed by atoms with E-state index in [1.54, 1.807) is 12.1 Å². The maximum absolute atomic E-state index is 12.1. The van der Waals surface area contributed by atoms with Crippen LogP contribution in [-0.4, -0.2) is 19.3 Å². The molecule has 3 rings (SSSR count). The van der Waals surface area contributed by atoms with Gasteiger partial charge in [0.15, 0.2) is 18.1 Å². The molecule has 1 atom stereocenters. The number of amides is 1. The lowest BCUT2D eigenvalue weighted by atomic mass is 10.1. The van der Waals surface area contributed by atoms with Crippen LogP contribution in [0.15, 0.2) is 36.4 Å². The average Bonchev–Trinajstić information content (AvgIpc) is 3.08. The van der Waals surface area contributed by atoms with Gasteiger partial charge in [-0.3, -0.25) is 4.79 Å². The lowest BCUT2D eigenvalue weighted by molar-refractivity contribution is -0.123. The maximum atomic E-state index is 12.1. The quantitative estimate of drug-likeness (QED) is 0.887. The zero-order chi connectivity index (χ0) is 17.8. The van der Waals surface area contributed by atoms with E-state index in [-0.39, 0.29) is 30.4 Å². The molecule has 2 aromatic rings. The Hall–Kier alpha value is -2.91. The number of hydrogen-bond acceptors (Lipinski definition) is 5. The van der Waals surface area contributed by atoms with Crippen LogP contribution in [0.5, 0.6) is 17.2 Å². The number of nitrogens with one attached hydrogen (secondary N) is 1. The third-order valence-corrected chi connectivity index (χ3v) is 3.99. The highest BCUT2D eigenvalue weighted by atomic mass is 35.5. The molecule has 0 spiro atoms. The molecule has 7 heteroatoms. The average molecular weight is 359 g/mol. The van der Waals surface area contributed by atoms with Crippen LogP contribution in [0, 0.1) is 11.3 Å². The monoisotopic (exact) mass is 358 g/mol. The topological polar surface area (TPSA) is 80.6 Å². The Balaban J connectivity index is 1.56. The number of nitriles is 1. The minimum atomic E-state index is -0.286. The standard InChI is InChI=1S/C18H15ClN2O4/c1-11(13-3-5-16-17(7-13)25-10-24-16)21-18(22)9-23-15-4-2-12(8-20)6-14(15)19/h2-7,11H,9-10H2,1H3,(H,21,22)/t11-/m0/s1. The SMILES string of the molecule is C[C@H](NC(=O)COc1ccc(C#N)cc1Cl)c1ccc2c(c1)OCO2. The molecule has 6 nitrogen and oxygen atoms in total. The third kappa shape index (κ3) is 3.95. The van der Waals surface area contributed by atoms with Crippen LogP contribution >= 0.6 is 11.6 Å². The highest BCUT2D eigenvalue weighted by Crippen LogP contribution is 2.34. The lowest BCUT2D eigenvalue weighted by Crippen LogP contribution is -2.31. The molecule has 0 aromatic heterocycles. The third-order valence-electron chi connectivity index (χ3n) is 3.69. The van der Waals surface area contributed by atoms with Crippen LogP contribution in [-0.2, 0) is 4.79 Å². The largest absolute Gasteiger partial charge is 0.482 e. The summed E-state index contributed by atoms with van der Waals surface area (Å²) in [5.74, 6) is 1.43. The van der Waals surface area contributed by atoms with E-state index in [1.165, 1.54) is 6.07 Å². The molecule has 1 heterocycles. The molecule has 0 bridgehead atoms. The van der Waals surface area contributed by atoms with Gasteiger partial charge in [-0.25, -0.2) is 0 Å². The second-order valence-electron chi connectivity index (χ2n) is 5.45. The van der Waals surface area contributed by atoms with Crippen molar-refractivity contribution in [3.05, 3.63) is 52.5 Å². The zero-order valence-corrected chi connectivity index (χ0v) is 14.2. The summed E-state index contributed by atoms with van der Waals surface area (Å²) in [6, 6.07) is 11.9. The molecule has 1 N–H and O–H groups in total. The van der Waals surface area contributed by atoms with E-state index in [2.05, 4.69) is 5.32 Å². The fourth-order valence-corrected chi connectivity index (χ4v) is 2.61. The first-order valence-corrected chi connectivity index (χ1v) is 7.96. The van der Waals surface area contributed by atoms with Gasteiger partial charge in [-0.2, -0.15) is 5.26 Å². The molecule has 1 amide bonds. The molecule has 2 aromatic carbocycles. The number of ether oxygens (including phenoxy) is 3. The molecular weight excluding hydrogens is 344 g/mol. The first kappa shape index (κ1) is 16.9. The highest BCUT2D eigenvalue weighted by Gasteiger charge is 2.17. The number of hydrogen-bond donors (Lipinski definition) is 1. The Kier molecular flexibility index (Phi) is 4.96. The highest BCUT2D eigenvalue weighted by molar-refractivity contribution is 6.32. The van der Waals surface area contributed by atoms with Gasteiger partial charge in [-0.05, 0) is 42.8 Å². The summed E-state index contributed by atoms with van der Waals surface area (Å²) in [5.41, 5.74) is 1.33. The van der Waals surface area contributed by atoms with Crippen molar-refractivity contribution in [3.63, 3.8) is 0 Å². The van der Waals surface area contributed by atoms with Crippen LogP contribution in [0.3, 0.4) is 0 Å². The second kappa shape index (κ2) is 7.32. The molecule has 0 fully saturated rings. The van der Waals surface area contributed by atoms with Crippen LogP contribution < -0.4 is 19.5 Å². The number of benzene rings is 2. The number of carbonyl (C=O) groups excluding carboxylic acids is 1. The van der Waals surface area contributed by atoms with Crippen LogP contribution in [0.25, 0.3) is 0 Å². The Morgan fingerprint density at radius 2 is 2.12 bits per heavy atom. The van der Waals surface area contributed by atoms with Crippen molar-refractivity contribution >= 4 is 17.5 Å². The van der Waals surface area contributed by atoms with Crippen molar-refractivity contribution in [2.24, 2.45) is 0 Å². The van der Waals surface area contributed by atoms with E-state index < -0.39 is 0 Å². The maximum Gasteiger partial charge on any atom is 0.258 e. The molecule has 0 aliphatic carbocycles. The fourth-order valence-electron chi connectivity index (χ4n) is 2.38. The van der Waals surface area contributed by atoms with Gasteiger partial charge in [0.05, 0.1) is 22.7 Å². The minimum absolute atomic E-state index is 0.180. The predicted octanol–water partition coefficient (Wildman–Crippen LogP) is 3.20. The number of halogens is 1. The summed E-state index contributed by atoms with van der Waals surface area (Å²) in [6.07, 6.45) is 0. The molecule has 0 saturated heterocycles. The van der Waals surface area contributed by atoms with Crippen molar-refractivity contribution in [1.29, 1.82) is 5.26 Å². The van der Waals surface area contributed by atoms with Gasteiger partial charge >= 0.3 is 0 Å². The van der Waals surface area contributed by atoms with Crippen LogP contribution in [0.4, 0.5) is 0 Å². The van der Waals surface area contributed by atoms with Gasteiger partial charge in [-0.15, -0.1) is 0 Å². The van der Waals surface area contributed by atoms with Crippen molar-refractivity contribution in [1.82, 2.24) is 5.32 Å². The Morgan fingerprint density at radius 3 is 2.88 bits per heavy atom. The van der Waals surface area contributed by atoms with Gasteiger partial charge in [0, 0.05) is 0 Å². The van der Waals surface area contributed by atoms with E-state index in [9.17, 15) is 4.79 Å². The van der Waals surface area contributed by atoms with Crippen LogP contribution in [0.1, 0.15) is 24.1 Å². The summed E-state index contributed by atoms with van der Waals surface area (Å²) in [6.45, 7) is 1.89. The molecule has 25 heavy (non-hydrogen) atoms. The van der Waals surface area contributed by atoms with Gasteiger partial charge in [0.1, 0.15) is 5.75 Å².